The van der Waals surface area contributed by atoms with E-state index in [4.69, 9.17) is 6.42 Å². The lowest BCUT2D eigenvalue weighted by Gasteiger charge is -2.09. The van der Waals surface area contributed by atoms with Crippen molar-refractivity contribution >= 4 is 0 Å². The van der Waals surface area contributed by atoms with Crippen molar-refractivity contribution in [1.82, 2.24) is 0 Å². The van der Waals surface area contributed by atoms with Crippen LogP contribution in [0.15, 0.2) is 24.3 Å². The highest BCUT2D eigenvalue weighted by Crippen LogP contribution is 2.20. The molecular weight excluding hydrogens is 156 g/mol. The van der Waals surface area contributed by atoms with Gasteiger partial charge in [-0.1, -0.05) is 49.1 Å². The zero-order chi connectivity index (χ0) is 9.68. The van der Waals surface area contributed by atoms with Crippen molar-refractivity contribution in [2.24, 2.45) is 0 Å². The first-order valence-electron chi connectivity index (χ1n) is 4.76. The lowest BCUT2D eigenvalue weighted by atomic mass is 9.94. The lowest BCUT2D eigenvalue weighted by molar-refractivity contribution is 0.733. The van der Waals surface area contributed by atoms with Crippen LogP contribution in [-0.2, 0) is 0 Å². The minimum atomic E-state index is 0.185. The van der Waals surface area contributed by atoms with E-state index in [1.807, 2.05) is 6.07 Å². The average Bonchev–Trinajstić information content (AvgIpc) is 2.14. The van der Waals surface area contributed by atoms with Crippen molar-refractivity contribution in [2.75, 3.05) is 0 Å². The van der Waals surface area contributed by atoms with Crippen molar-refractivity contribution in [3.63, 3.8) is 0 Å². The summed E-state index contributed by atoms with van der Waals surface area (Å²) in [6.45, 7) is 4.22. The number of benzene rings is 1. The van der Waals surface area contributed by atoms with Gasteiger partial charge in [0.05, 0.1) is 0 Å². The molecule has 0 aliphatic carbocycles. The van der Waals surface area contributed by atoms with E-state index >= 15 is 0 Å². The van der Waals surface area contributed by atoms with E-state index in [-0.39, 0.29) is 5.92 Å². The summed E-state index contributed by atoms with van der Waals surface area (Å²) in [5.41, 5.74) is 2.48. The molecule has 1 atom stereocenters. The molecule has 1 aromatic rings. The standard InChI is InChI=1S/C13H15/c1-4-7-12(5-2)13-9-6-8-11(3)10-13/h6,8-10,12H,4,7H2,1,3H3. The van der Waals surface area contributed by atoms with Crippen molar-refractivity contribution in [3.05, 3.63) is 41.8 Å². The van der Waals surface area contributed by atoms with Gasteiger partial charge in [-0.3, -0.25) is 0 Å². The Bertz CT molecular complexity index is 304. The maximum atomic E-state index is 7.22. The van der Waals surface area contributed by atoms with Crippen molar-refractivity contribution in [3.8, 4) is 5.92 Å². The van der Waals surface area contributed by atoms with Crippen LogP contribution in [0.25, 0.3) is 0 Å². The molecular formula is C13H15. The Morgan fingerprint density at radius 2 is 2.23 bits per heavy atom. The molecule has 0 aromatic heterocycles. The third kappa shape index (κ3) is 2.63. The first-order chi connectivity index (χ1) is 6.27. The van der Waals surface area contributed by atoms with Gasteiger partial charge >= 0.3 is 0 Å². The van der Waals surface area contributed by atoms with Gasteiger partial charge < -0.3 is 0 Å². The van der Waals surface area contributed by atoms with Crippen LogP contribution in [0.4, 0.5) is 0 Å². The van der Waals surface area contributed by atoms with E-state index in [2.05, 4.69) is 38.0 Å². The second-order valence-corrected chi connectivity index (χ2v) is 3.40. The smallest absolute Gasteiger partial charge is 0.0462 e. The topological polar surface area (TPSA) is 0 Å². The molecule has 0 saturated carbocycles. The molecule has 0 heterocycles. The minimum absolute atomic E-state index is 0.185. The molecule has 0 heteroatoms. The van der Waals surface area contributed by atoms with Gasteiger partial charge in [-0.2, -0.15) is 0 Å². The fraction of sp³-hybridized carbons (Fsp3) is 0.385. The number of hydrogen-bond donors (Lipinski definition) is 0. The van der Waals surface area contributed by atoms with Gasteiger partial charge in [-0.25, -0.2) is 0 Å². The van der Waals surface area contributed by atoms with Crippen molar-refractivity contribution in [2.45, 2.75) is 32.6 Å². The fourth-order valence-corrected chi connectivity index (χ4v) is 1.50. The Balaban J connectivity index is 2.86. The molecule has 1 aromatic carbocycles. The van der Waals surface area contributed by atoms with E-state index in [1.54, 1.807) is 0 Å². The van der Waals surface area contributed by atoms with E-state index < -0.39 is 0 Å². The Morgan fingerprint density at radius 3 is 2.77 bits per heavy atom. The van der Waals surface area contributed by atoms with E-state index in [0.29, 0.717) is 0 Å². The lowest BCUT2D eigenvalue weighted by Crippen LogP contribution is -1.94. The maximum Gasteiger partial charge on any atom is 0.0462 e. The van der Waals surface area contributed by atoms with Crippen molar-refractivity contribution < 1.29 is 0 Å². The van der Waals surface area contributed by atoms with Crippen LogP contribution in [-0.4, -0.2) is 0 Å². The third-order valence-electron chi connectivity index (χ3n) is 2.20. The predicted molar refractivity (Wildman–Crippen MR) is 56.0 cm³/mol. The number of rotatable bonds is 3. The van der Waals surface area contributed by atoms with Gasteiger partial charge in [0.25, 0.3) is 0 Å². The molecule has 0 nitrogen and oxygen atoms in total. The molecule has 1 rings (SSSR count). The largest absolute Gasteiger partial charge is 0.0809 e. The Kier molecular flexibility index (Phi) is 3.58. The first-order valence-corrected chi connectivity index (χ1v) is 4.76. The molecule has 1 radical (unpaired) electrons. The molecule has 0 bridgehead atoms. The summed E-state index contributed by atoms with van der Waals surface area (Å²) >= 11 is 0. The molecule has 0 spiro atoms. The summed E-state index contributed by atoms with van der Waals surface area (Å²) in [5.74, 6) is 2.78. The third-order valence-corrected chi connectivity index (χ3v) is 2.20. The summed E-state index contributed by atoms with van der Waals surface area (Å²) in [6.07, 6.45) is 9.34. The highest BCUT2D eigenvalue weighted by Gasteiger charge is 2.06. The minimum Gasteiger partial charge on any atom is -0.0809 e. The molecule has 1 unspecified atom stereocenters. The number of aryl methyl sites for hydroxylation is 1. The summed E-state index contributed by atoms with van der Waals surface area (Å²) in [5, 5.41) is 0. The molecule has 0 amide bonds. The van der Waals surface area contributed by atoms with Gasteiger partial charge in [-0.15, -0.1) is 0 Å². The second-order valence-electron chi connectivity index (χ2n) is 3.40. The van der Waals surface area contributed by atoms with Crippen molar-refractivity contribution in [1.29, 1.82) is 0 Å². The maximum absolute atomic E-state index is 7.22. The van der Waals surface area contributed by atoms with Gasteiger partial charge in [0, 0.05) is 5.92 Å². The highest BCUT2D eigenvalue weighted by molar-refractivity contribution is 5.29. The van der Waals surface area contributed by atoms with E-state index in [1.165, 1.54) is 11.1 Å². The fourth-order valence-electron chi connectivity index (χ4n) is 1.50. The zero-order valence-electron chi connectivity index (χ0n) is 8.30. The summed E-state index contributed by atoms with van der Waals surface area (Å²) in [4.78, 5) is 0. The molecule has 0 N–H and O–H groups in total. The van der Waals surface area contributed by atoms with E-state index in [0.717, 1.165) is 12.8 Å². The SMILES string of the molecule is [C]#CC(CCC)c1cccc(C)c1. The predicted octanol–water partition coefficient (Wildman–Crippen LogP) is 3.47. The molecule has 13 heavy (non-hydrogen) atoms. The molecule has 0 aliphatic rings. The molecule has 0 fully saturated rings. The van der Waals surface area contributed by atoms with Crippen LogP contribution in [0, 0.1) is 19.3 Å². The highest BCUT2D eigenvalue weighted by atomic mass is 14.1. The monoisotopic (exact) mass is 171 g/mol. The Morgan fingerprint density at radius 1 is 1.46 bits per heavy atom. The van der Waals surface area contributed by atoms with Crippen LogP contribution < -0.4 is 0 Å². The summed E-state index contributed by atoms with van der Waals surface area (Å²) < 4.78 is 0. The molecule has 0 saturated heterocycles. The second kappa shape index (κ2) is 4.72. The first kappa shape index (κ1) is 9.86. The zero-order valence-corrected chi connectivity index (χ0v) is 8.30. The van der Waals surface area contributed by atoms with Crippen LogP contribution in [0.1, 0.15) is 36.8 Å². The normalized spacial score (nSPS) is 12.1. The van der Waals surface area contributed by atoms with Gasteiger partial charge in [-0.05, 0) is 25.3 Å². The van der Waals surface area contributed by atoms with Crippen LogP contribution in [0.2, 0.25) is 0 Å². The summed E-state index contributed by atoms with van der Waals surface area (Å²) in [6, 6.07) is 8.35. The average molecular weight is 171 g/mol. The van der Waals surface area contributed by atoms with Crippen LogP contribution in [0.5, 0.6) is 0 Å². The molecule has 0 aliphatic heterocycles. The van der Waals surface area contributed by atoms with E-state index in [9.17, 15) is 0 Å². The Hall–Kier alpha value is -1.22. The number of hydrogen-bond acceptors (Lipinski definition) is 0. The Labute approximate surface area is 81.0 Å². The summed E-state index contributed by atoms with van der Waals surface area (Å²) in [7, 11) is 0. The van der Waals surface area contributed by atoms with Crippen LogP contribution in [0.3, 0.4) is 0 Å². The van der Waals surface area contributed by atoms with Gasteiger partial charge in [0.1, 0.15) is 0 Å². The van der Waals surface area contributed by atoms with Gasteiger partial charge in [0.2, 0.25) is 0 Å². The quantitative estimate of drug-likeness (QED) is 0.611. The van der Waals surface area contributed by atoms with Crippen LogP contribution >= 0.6 is 0 Å². The molecule has 67 valence electrons. The van der Waals surface area contributed by atoms with Gasteiger partial charge in [0.15, 0.2) is 0 Å².